The Kier molecular flexibility index (Phi) is 2.53. The van der Waals surface area contributed by atoms with Crippen LogP contribution in [0.2, 0.25) is 0 Å². The van der Waals surface area contributed by atoms with Gasteiger partial charge >= 0.3 is 0 Å². The van der Waals surface area contributed by atoms with Gasteiger partial charge < -0.3 is 4.74 Å². The SMILES string of the molecule is Cc1ccccc1Oc1nn2nnnc2c2ccccc12. The highest BCUT2D eigenvalue weighted by atomic mass is 16.5. The first-order valence-electron chi connectivity index (χ1n) is 6.53. The molecule has 6 heteroatoms. The first kappa shape index (κ1) is 11.8. The van der Waals surface area contributed by atoms with Crippen LogP contribution in [-0.4, -0.2) is 25.3 Å². The molecule has 6 nitrogen and oxygen atoms in total. The Morgan fingerprint density at radius 1 is 0.952 bits per heavy atom. The molecule has 2 heterocycles. The highest BCUT2D eigenvalue weighted by Gasteiger charge is 2.12. The molecule has 4 aromatic rings. The highest BCUT2D eigenvalue weighted by molar-refractivity contribution is 5.96. The van der Waals surface area contributed by atoms with Gasteiger partial charge in [-0.1, -0.05) is 36.4 Å². The van der Waals surface area contributed by atoms with E-state index in [0.29, 0.717) is 11.5 Å². The summed E-state index contributed by atoms with van der Waals surface area (Å²) in [7, 11) is 0. The van der Waals surface area contributed by atoms with Gasteiger partial charge in [0.1, 0.15) is 5.75 Å². The molecule has 0 aliphatic rings. The molecule has 0 spiro atoms. The number of aryl methyl sites for hydroxylation is 1. The molecular formula is C15H11N5O. The minimum Gasteiger partial charge on any atom is -0.437 e. The number of nitrogens with zero attached hydrogens (tertiary/aromatic N) is 5. The van der Waals surface area contributed by atoms with Crippen molar-refractivity contribution in [2.24, 2.45) is 0 Å². The summed E-state index contributed by atoms with van der Waals surface area (Å²) in [6.45, 7) is 1.99. The molecule has 0 unspecified atom stereocenters. The van der Waals surface area contributed by atoms with Crippen LogP contribution in [-0.2, 0) is 0 Å². The standard InChI is InChI=1S/C15H11N5O/c1-10-6-2-5-9-13(10)21-15-12-8-4-3-7-11(12)14-16-18-19-20(14)17-15/h2-9H,1H3. The Labute approximate surface area is 120 Å². The van der Waals surface area contributed by atoms with Crippen molar-refractivity contribution in [1.29, 1.82) is 0 Å². The summed E-state index contributed by atoms with van der Waals surface area (Å²) >= 11 is 0. The van der Waals surface area contributed by atoms with E-state index in [2.05, 4.69) is 20.6 Å². The van der Waals surface area contributed by atoms with Gasteiger partial charge in [0.2, 0.25) is 11.5 Å². The first-order valence-corrected chi connectivity index (χ1v) is 6.53. The van der Waals surface area contributed by atoms with Crippen molar-refractivity contribution >= 4 is 16.4 Å². The number of benzene rings is 2. The van der Waals surface area contributed by atoms with Crippen molar-refractivity contribution in [2.45, 2.75) is 6.92 Å². The number of tetrazole rings is 1. The van der Waals surface area contributed by atoms with E-state index in [-0.39, 0.29) is 0 Å². The Bertz CT molecular complexity index is 947. The molecule has 0 fully saturated rings. The molecule has 0 amide bonds. The largest absolute Gasteiger partial charge is 0.437 e. The Balaban J connectivity index is 1.96. The lowest BCUT2D eigenvalue weighted by Gasteiger charge is -2.09. The zero-order chi connectivity index (χ0) is 14.2. The zero-order valence-electron chi connectivity index (χ0n) is 11.3. The Hall–Kier alpha value is -3.02. The number of rotatable bonds is 2. The molecule has 0 aliphatic heterocycles. The predicted octanol–water partition coefficient (Wildman–Crippen LogP) is 2.77. The van der Waals surface area contributed by atoms with Crippen molar-refractivity contribution in [2.75, 3.05) is 0 Å². The molecule has 0 N–H and O–H groups in total. The van der Waals surface area contributed by atoms with Crippen LogP contribution in [0.4, 0.5) is 0 Å². The second-order valence-electron chi connectivity index (χ2n) is 4.71. The fourth-order valence-corrected chi connectivity index (χ4v) is 2.27. The average Bonchev–Trinajstić information content (AvgIpc) is 2.98. The highest BCUT2D eigenvalue weighted by Crippen LogP contribution is 2.30. The van der Waals surface area contributed by atoms with Crippen molar-refractivity contribution in [1.82, 2.24) is 25.3 Å². The van der Waals surface area contributed by atoms with E-state index in [9.17, 15) is 0 Å². The van der Waals surface area contributed by atoms with Gasteiger partial charge in [-0.25, -0.2) is 0 Å². The van der Waals surface area contributed by atoms with Crippen LogP contribution in [0, 0.1) is 6.92 Å². The Morgan fingerprint density at radius 2 is 1.71 bits per heavy atom. The molecule has 0 bridgehead atoms. The molecule has 102 valence electrons. The Morgan fingerprint density at radius 3 is 2.57 bits per heavy atom. The predicted molar refractivity (Wildman–Crippen MR) is 77.3 cm³/mol. The normalized spacial score (nSPS) is 11.1. The molecule has 0 atom stereocenters. The van der Waals surface area contributed by atoms with Gasteiger partial charge in [0, 0.05) is 10.8 Å². The minimum absolute atomic E-state index is 0.486. The number of aromatic nitrogens is 5. The molecule has 4 rings (SSSR count). The lowest BCUT2D eigenvalue weighted by atomic mass is 10.2. The van der Waals surface area contributed by atoms with E-state index in [0.717, 1.165) is 22.1 Å². The van der Waals surface area contributed by atoms with E-state index in [4.69, 9.17) is 4.74 Å². The fourth-order valence-electron chi connectivity index (χ4n) is 2.27. The number of ether oxygens (including phenoxy) is 1. The molecule has 0 saturated heterocycles. The van der Waals surface area contributed by atoms with Gasteiger partial charge in [-0.15, -0.1) is 14.8 Å². The number of fused-ring (bicyclic) bond motifs is 3. The lowest BCUT2D eigenvalue weighted by molar-refractivity contribution is 0.450. The third-order valence-electron chi connectivity index (χ3n) is 3.34. The summed E-state index contributed by atoms with van der Waals surface area (Å²) in [6, 6.07) is 15.6. The van der Waals surface area contributed by atoms with Gasteiger partial charge in [0.15, 0.2) is 0 Å². The van der Waals surface area contributed by atoms with Gasteiger partial charge in [-0.2, -0.15) is 0 Å². The van der Waals surface area contributed by atoms with E-state index in [1.165, 1.54) is 4.63 Å². The van der Waals surface area contributed by atoms with Crippen LogP contribution in [0.1, 0.15) is 5.56 Å². The van der Waals surface area contributed by atoms with Crippen LogP contribution < -0.4 is 4.74 Å². The zero-order valence-corrected chi connectivity index (χ0v) is 11.3. The smallest absolute Gasteiger partial charge is 0.247 e. The summed E-state index contributed by atoms with van der Waals surface area (Å²) in [4.78, 5) is 0. The van der Waals surface area contributed by atoms with Crippen LogP contribution in [0.15, 0.2) is 48.5 Å². The van der Waals surface area contributed by atoms with Gasteiger partial charge in [0.25, 0.3) is 0 Å². The maximum absolute atomic E-state index is 5.97. The maximum Gasteiger partial charge on any atom is 0.247 e. The number of hydrogen-bond acceptors (Lipinski definition) is 5. The van der Waals surface area contributed by atoms with Gasteiger partial charge in [-0.05, 0) is 35.0 Å². The van der Waals surface area contributed by atoms with Crippen LogP contribution in [0.3, 0.4) is 0 Å². The molecule has 21 heavy (non-hydrogen) atoms. The van der Waals surface area contributed by atoms with Gasteiger partial charge in [-0.3, -0.25) is 0 Å². The van der Waals surface area contributed by atoms with Crippen LogP contribution in [0.5, 0.6) is 11.6 Å². The first-order chi connectivity index (χ1) is 10.3. The lowest BCUT2D eigenvalue weighted by Crippen LogP contribution is -2.00. The summed E-state index contributed by atoms with van der Waals surface area (Å²) in [5, 5.41) is 17.7. The molecule has 0 radical (unpaired) electrons. The van der Waals surface area contributed by atoms with E-state index in [1.54, 1.807) is 0 Å². The topological polar surface area (TPSA) is 65.2 Å². The van der Waals surface area contributed by atoms with Crippen molar-refractivity contribution < 1.29 is 4.74 Å². The van der Waals surface area contributed by atoms with Crippen LogP contribution in [0.25, 0.3) is 16.4 Å². The van der Waals surface area contributed by atoms with E-state index >= 15 is 0 Å². The second-order valence-corrected chi connectivity index (χ2v) is 4.71. The third-order valence-corrected chi connectivity index (χ3v) is 3.34. The average molecular weight is 277 g/mol. The molecule has 0 aliphatic carbocycles. The quantitative estimate of drug-likeness (QED) is 0.563. The third kappa shape index (κ3) is 1.88. The van der Waals surface area contributed by atoms with E-state index < -0.39 is 0 Å². The summed E-state index contributed by atoms with van der Waals surface area (Å²) in [6.07, 6.45) is 0. The number of hydrogen-bond donors (Lipinski definition) is 0. The number of para-hydroxylation sites is 1. The maximum atomic E-state index is 5.97. The summed E-state index contributed by atoms with van der Waals surface area (Å²) < 4.78 is 7.36. The van der Waals surface area contributed by atoms with Crippen molar-refractivity contribution in [3.8, 4) is 11.6 Å². The monoisotopic (exact) mass is 277 g/mol. The molecule has 2 aromatic heterocycles. The van der Waals surface area contributed by atoms with Crippen LogP contribution >= 0.6 is 0 Å². The second kappa shape index (κ2) is 4.52. The van der Waals surface area contributed by atoms with E-state index in [1.807, 2.05) is 55.5 Å². The molecule has 0 saturated carbocycles. The summed E-state index contributed by atoms with van der Waals surface area (Å²) in [5.41, 5.74) is 1.66. The van der Waals surface area contributed by atoms with Gasteiger partial charge in [0.05, 0.1) is 0 Å². The fraction of sp³-hybridized carbons (Fsp3) is 0.0667. The molecule has 2 aromatic carbocycles. The van der Waals surface area contributed by atoms with Crippen molar-refractivity contribution in [3.05, 3.63) is 54.1 Å². The van der Waals surface area contributed by atoms with Crippen molar-refractivity contribution in [3.63, 3.8) is 0 Å². The summed E-state index contributed by atoms with van der Waals surface area (Å²) in [5.74, 6) is 1.25. The minimum atomic E-state index is 0.486. The molecular weight excluding hydrogens is 266 g/mol.